The lowest BCUT2D eigenvalue weighted by molar-refractivity contribution is 0.0505. The summed E-state index contributed by atoms with van der Waals surface area (Å²) in [6, 6.07) is 1.71. The molecule has 6 nitrogen and oxygen atoms in total. The van der Waals surface area contributed by atoms with E-state index < -0.39 is 5.97 Å². The highest BCUT2D eigenvalue weighted by Crippen LogP contribution is 2.06. The van der Waals surface area contributed by atoms with Crippen LogP contribution in [0.5, 0.6) is 0 Å². The van der Waals surface area contributed by atoms with Crippen molar-refractivity contribution in [3.05, 3.63) is 30.2 Å². The predicted molar refractivity (Wildman–Crippen MR) is 42.6 cm³/mol. The van der Waals surface area contributed by atoms with E-state index in [9.17, 15) is 4.79 Å². The van der Waals surface area contributed by atoms with Gasteiger partial charge in [-0.15, -0.1) is 0 Å². The molecule has 66 valence electrons. The summed E-state index contributed by atoms with van der Waals surface area (Å²) in [6.07, 6.45) is 4.59. The van der Waals surface area contributed by atoms with Gasteiger partial charge in [0.2, 0.25) is 0 Å². The van der Waals surface area contributed by atoms with E-state index in [1.165, 1.54) is 10.7 Å². The molecule has 0 saturated carbocycles. The van der Waals surface area contributed by atoms with E-state index >= 15 is 0 Å². The molecule has 2 rings (SSSR count). The van der Waals surface area contributed by atoms with Gasteiger partial charge in [-0.25, -0.2) is 14.3 Å². The quantitative estimate of drug-likeness (QED) is 0.609. The number of carbonyl (C=O) groups is 1. The van der Waals surface area contributed by atoms with E-state index in [2.05, 4.69) is 14.9 Å². The molecule has 0 aliphatic rings. The van der Waals surface area contributed by atoms with Crippen LogP contribution in [-0.2, 0) is 4.84 Å². The molecule has 2 aromatic heterocycles. The normalized spacial score (nSPS) is 10.2. The van der Waals surface area contributed by atoms with Crippen LogP contribution >= 0.6 is 0 Å². The number of nitrogens with two attached hydrogens (primary N) is 1. The van der Waals surface area contributed by atoms with Crippen molar-refractivity contribution in [1.82, 2.24) is 14.6 Å². The molecule has 0 fully saturated rings. The molecule has 0 saturated heterocycles. The summed E-state index contributed by atoms with van der Waals surface area (Å²) in [5.74, 6) is 4.10. The highest BCUT2D eigenvalue weighted by molar-refractivity contribution is 5.95. The average Bonchev–Trinajstić information content (AvgIpc) is 2.60. The van der Waals surface area contributed by atoms with Crippen molar-refractivity contribution in [1.29, 1.82) is 0 Å². The minimum Gasteiger partial charge on any atom is -0.369 e. The Bertz CT molecular complexity index is 450. The summed E-state index contributed by atoms with van der Waals surface area (Å²) in [6.45, 7) is 0. The Hall–Kier alpha value is -1.95. The van der Waals surface area contributed by atoms with Gasteiger partial charge in [0.05, 0.1) is 6.20 Å². The Kier molecular flexibility index (Phi) is 1.67. The smallest absolute Gasteiger partial charge is 0.362 e. The molecular weight excluding hydrogens is 172 g/mol. The molecule has 2 heterocycles. The molecular formula is C7H6N4O2. The van der Waals surface area contributed by atoms with Crippen LogP contribution in [0.15, 0.2) is 24.7 Å². The molecule has 0 aliphatic heterocycles. The molecule has 2 N–H and O–H groups in total. The first kappa shape index (κ1) is 7.69. The van der Waals surface area contributed by atoms with Gasteiger partial charge in [0.25, 0.3) is 0 Å². The van der Waals surface area contributed by atoms with Gasteiger partial charge >= 0.3 is 5.97 Å². The Morgan fingerprint density at radius 3 is 3.23 bits per heavy atom. The molecule has 0 unspecified atom stereocenters. The SMILES string of the molecule is NOC(=O)c1cnn2cccnc12. The molecule has 0 amide bonds. The Morgan fingerprint density at radius 2 is 2.46 bits per heavy atom. The number of fused-ring (bicyclic) bond motifs is 1. The van der Waals surface area contributed by atoms with Crippen LogP contribution in [-0.4, -0.2) is 20.6 Å². The Labute approximate surface area is 72.9 Å². The second-order valence-corrected chi connectivity index (χ2v) is 2.35. The fraction of sp³-hybridized carbons (Fsp3) is 0. The zero-order valence-electron chi connectivity index (χ0n) is 6.54. The van der Waals surface area contributed by atoms with Crippen LogP contribution in [0.1, 0.15) is 10.4 Å². The minimum absolute atomic E-state index is 0.253. The first-order valence-electron chi connectivity index (χ1n) is 3.52. The van der Waals surface area contributed by atoms with Gasteiger partial charge in [-0.3, -0.25) is 0 Å². The van der Waals surface area contributed by atoms with E-state index in [4.69, 9.17) is 5.90 Å². The molecule has 2 aromatic rings. The highest BCUT2D eigenvalue weighted by Gasteiger charge is 2.13. The van der Waals surface area contributed by atoms with Crippen molar-refractivity contribution in [3.8, 4) is 0 Å². The molecule has 0 radical (unpaired) electrons. The number of nitrogens with zero attached hydrogens (tertiary/aromatic N) is 3. The van der Waals surface area contributed by atoms with Gasteiger partial charge in [0.15, 0.2) is 5.65 Å². The maximum absolute atomic E-state index is 11.0. The van der Waals surface area contributed by atoms with Gasteiger partial charge < -0.3 is 4.84 Å². The fourth-order valence-electron chi connectivity index (χ4n) is 1.03. The number of hydrogen-bond donors (Lipinski definition) is 1. The molecule has 0 spiro atoms. The van der Waals surface area contributed by atoms with Gasteiger partial charge in [-0.05, 0) is 6.07 Å². The fourth-order valence-corrected chi connectivity index (χ4v) is 1.03. The maximum atomic E-state index is 11.0. The number of aromatic nitrogens is 3. The van der Waals surface area contributed by atoms with Gasteiger partial charge in [-0.1, -0.05) is 0 Å². The largest absolute Gasteiger partial charge is 0.369 e. The molecule has 0 aromatic carbocycles. The predicted octanol–water partition coefficient (Wildman–Crippen LogP) is -0.240. The lowest BCUT2D eigenvalue weighted by atomic mass is 10.3. The van der Waals surface area contributed by atoms with Crippen molar-refractivity contribution in [2.24, 2.45) is 5.90 Å². The van der Waals surface area contributed by atoms with E-state index in [1.807, 2.05) is 0 Å². The van der Waals surface area contributed by atoms with Crippen LogP contribution in [0.25, 0.3) is 5.65 Å². The molecule has 0 atom stereocenters. The highest BCUT2D eigenvalue weighted by atomic mass is 16.7. The van der Waals surface area contributed by atoms with Crippen molar-refractivity contribution < 1.29 is 9.63 Å². The van der Waals surface area contributed by atoms with E-state index in [0.29, 0.717) is 5.65 Å². The second-order valence-electron chi connectivity index (χ2n) is 2.35. The average molecular weight is 178 g/mol. The third kappa shape index (κ3) is 1.13. The Morgan fingerprint density at radius 1 is 1.62 bits per heavy atom. The van der Waals surface area contributed by atoms with Crippen molar-refractivity contribution >= 4 is 11.6 Å². The number of carbonyl (C=O) groups excluding carboxylic acids is 1. The second kappa shape index (κ2) is 2.83. The molecule has 0 bridgehead atoms. The van der Waals surface area contributed by atoms with Crippen LogP contribution in [0.3, 0.4) is 0 Å². The topological polar surface area (TPSA) is 82.5 Å². The van der Waals surface area contributed by atoms with Crippen LogP contribution < -0.4 is 5.90 Å². The standard InChI is InChI=1S/C7H6N4O2/c8-13-7(12)5-4-10-11-3-1-2-9-6(5)11/h1-4H,8H2. The number of rotatable bonds is 1. The number of hydrogen-bond acceptors (Lipinski definition) is 5. The lowest BCUT2D eigenvalue weighted by Crippen LogP contribution is -2.10. The molecule has 0 aliphatic carbocycles. The molecule has 13 heavy (non-hydrogen) atoms. The summed E-state index contributed by atoms with van der Waals surface area (Å²) in [5, 5.41) is 3.89. The van der Waals surface area contributed by atoms with Gasteiger partial charge in [-0.2, -0.15) is 11.0 Å². The first-order valence-corrected chi connectivity index (χ1v) is 3.52. The maximum Gasteiger partial charge on any atom is 0.362 e. The van der Waals surface area contributed by atoms with Crippen LogP contribution in [0, 0.1) is 0 Å². The minimum atomic E-state index is -0.645. The van der Waals surface area contributed by atoms with Crippen LogP contribution in [0.4, 0.5) is 0 Å². The summed E-state index contributed by atoms with van der Waals surface area (Å²) in [5.41, 5.74) is 0.682. The Balaban J connectivity index is 2.64. The zero-order valence-corrected chi connectivity index (χ0v) is 6.54. The van der Waals surface area contributed by atoms with Crippen molar-refractivity contribution in [2.75, 3.05) is 0 Å². The van der Waals surface area contributed by atoms with Crippen molar-refractivity contribution in [2.45, 2.75) is 0 Å². The third-order valence-corrected chi connectivity index (χ3v) is 1.61. The zero-order chi connectivity index (χ0) is 9.26. The van der Waals surface area contributed by atoms with E-state index in [0.717, 1.165) is 0 Å². The lowest BCUT2D eigenvalue weighted by Gasteiger charge is -1.93. The van der Waals surface area contributed by atoms with Crippen molar-refractivity contribution in [3.63, 3.8) is 0 Å². The monoisotopic (exact) mass is 178 g/mol. The van der Waals surface area contributed by atoms with E-state index in [1.54, 1.807) is 18.5 Å². The first-order chi connectivity index (χ1) is 6.33. The third-order valence-electron chi connectivity index (χ3n) is 1.61. The summed E-state index contributed by atoms with van der Waals surface area (Å²) >= 11 is 0. The van der Waals surface area contributed by atoms with Gasteiger partial charge in [0.1, 0.15) is 5.56 Å². The molecule has 6 heteroatoms. The summed E-state index contributed by atoms with van der Waals surface area (Å²) in [4.78, 5) is 19.1. The van der Waals surface area contributed by atoms with Crippen LogP contribution in [0.2, 0.25) is 0 Å². The summed E-state index contributed by atoms with van der Waals surface area (Å²) in [7, 11) is 0. The van der Waals surface area contributed by atoms with Gasteiger partial charge in [0, 0.05) is 12.4 Å². The van der Waals surface area contributed by atoms with E-state index in [-0.39, 0.29) is 5.56 Å². The summed E-state index contributed by atoms with van der Waals surface area (Å²) < 4.78 is 1.46.